The summed E-state index contributed by atoms with van der Waals surface area (Å²) in [5.41, 5.74) is -0.789. The first-order valence-electron chi connectivity index (χ1n) is 8.15. The Kier molecular flexibility index (Phi) is 9.94. The maximum absolute atomic E-state index is 12.6. The van der Waals surface area contributed by atoms with Gasteiger partial charge in [-0.3, -0.25) is 10.1 Å². The van der Waals surface area contributed by atoms with Crippen LogP contribution < -0.4 is 10.1 Å². The number of alkyl halides is 3. The van der Waals surface area contributed by atoms with E-state index in [1.54, 1.807) is 6.92 Å². The molecule has 0 aliphatic rings. The van der Waals surface area contributed by atoms with E-state index in [4.69, 9.17) is 16.3 Å². The third kappa shape index (κ3) is 7.75. The van der Waals surface area contributed by atoms with Gasteiger partial charge in [0.05, 0.1) is 29.7 Å². The fraction of sp³-hybridized carbons (Fsp3) is 0.294. The number of hydrogen-bond acceptors (Lipinski definition) is 7. The van der Waals surface area contributed by atoms with Gasteiger partial charge < -0.3 is 10.1 Å². The molecule has 13 heteroatoms. The van der Waals surface area contributed by atoms with E-state index in [-0.39, 0.29) is 27.9 Å². The Bertz CT molecular complexity index is 892. The average Bonchev–Trinajstić information content (AvgIpc) is 2.68. The van der Waals surface area contributed by atoms with Gasteiger partial charge >= 0.3 is 14.4 Å². The molecule has 2 aromatic carbocycles. The van der Waals surface area contributed by atoms with E-state index in [0.29, 0.717) is 6.54 Å². The number of nitro benzene ring substituents is 1. The van der Waals surface area contributed by atoms with E-state index in [9.17, 15) is 27.9 Å². The minimum Gasteiger partial charge on any atom is -0.456 e. The maximum Gasteiger partial charge on any atom is 0.696 e. The molecule has 2 rings (SSSR count). The van der Waals surface area contributed by atoms with E-state index in [2.05, 4.69) is 14.4 Å². The van der Waals surface area contributed by atoms with Gasteiger partial charge in [-0.1, -0.05) is 11.6 Å². The van der Waals surface area contributed by atoms with Gasteiger partial charge in [0.2, 0.25) is 0 Å². The Balaban J connectivity index is 0.000000656. The molecule has 0 spiro atoms. The predicted octanol–water partition coefficient (Wildman–Crippen LogP) is 6.43. The molecule has 0 aliphatic carbocycles. The average molecular weight is 470 g/mol. The molecule has 0 bridgehead atoms. The fourth-order valence-electron chi connectivity index (χ4n) is 2.03. The number of halogens is 4. The molecule has 0 radical (unpaired) electrons. The van der Waals surface area contributed by atoms with Gasteiger partial charge in [0.1, 0.15) is 17.2 Å². The monoisotopic (exact) mass is 469 g/mol. The van der Waals surface area contributed by atoms with Crippen LogP contribution in [0.5, 0.6) is 11.5 Å². The second-order valence-corrected chi connectivity index (χ2v) is 6.88. The Morgan fingerprint density at radius 3 is 2.23 bits per heavy atom. The second-order valence-electron chi connectivity index (χ2n) is 5.30. The smallest absolute Gasteiger partial charge is 0.456 e. The standard InChI is InChI=1S/C15H12ClF3N2O3.C2H6O3P/c1-2-20-12-8-10(4-5-13(12)21(22)23)24-14-6-3-9(7-11(14)16)15(17,18)19;1-4-6(3)5-2/h3-8,20H,2H2,1H3;1-2H3/q;+1. The molecule has 8 nitrogen and oxygen atoms in total. The van der Waals surface area contributed by atoms with Crippen LogP contribution in [-0.4, -0.2) is 25.7 Å². The molecule has 0 saturated carbocycles. The summed E-state index contributed by atoms with van der Waals surface area (Å²) in [6.45, 7) is 2.22. The van der Waals surface area contributed by atoms with Gasteiger partial charge in [-0.05, 0) is 31.2 Å². The van der Waals surface area contributed by atoms with E-state index in [0.717, 1.165) is 18.2 Å². The van der Waals surface area contributed by atoms with Crippen molar-refractivity contribution in [1.29, 1.82) is 0 Å². The fourth-order valence-corrected chi connectivity index (χ4v) is 2.40. The molecule has 164 valence electrons. The second kappa shape index (κ2) is 11.7. The third-order valence-electron chi connectivity index (χ3n) is 3.32. The summed E-state index contributed by atoms with van der Waals surface area (Å²) in [6.07, 6.45) is -4.51. The van der Waals surface area contributed by atoms with Crippen molar-refractivity contribution in [1.82, 2.24) is 0 Å². The number of nitro groups is 1. The van der Waals surface area contributed by atoms with Crippen molar-refractivity contribution in [2.75, 3.05) is 26.1 Å². The van der Waals surface area contributed by atoms with Gasteiger partial charge in [0.25, 0.3) is 5.69 Å². The molecule has 30 heavy (non-hydrogen) atoms. The van der Waals surface area contributed by atoms with E-state index >= 15 is 0 Å². The number of hydrogen-bond donors (Lipinski definition) is 1. The summed E-state index contributed by atoms with van der Waals surface area (Å²) in [4.78, 5) is 10.4. The lowest BCUT2D eigenvalue weighted by atomic mass is 10.2. The van der Waals surface area contributed by atoms with E-state index < -0.39 is 24.9 Å². The van der Waals surface area contributed by atoms with Crippen molar-refractivity contribution in [3.8, 4) is 11.5 Å². The van der Waals surface area contributed by atoms with E-state index in [1.807, 2.05) is 0 Å². The molecule has 0 atom stereocenters. The summed E-state index contributed by atoms with van der Waals surface area (Å²) in [5.74, 6) is 0.221. The molecule has 0 heterocycles. The quantitative estimate of drug-likeness (QED) is 0.283. The van der Waals surface area contributed by atoms with Gasteiger partial charge in [-0.2, -0.15) is 13.2 Å². The number of nitrogens with one attached hydrogen (secondary N) is 1. The number of nitrogens with zero attached hydrogens (tertiary/aromatic N) is 1. The van der Waals surface area contributed by atoms with Crippen molar-refractivity contribution in [2.24, 2.45) is 0 Å². The predicted molar refractivity (Wildman–Crippen MR) is 105 cm³/mol. The molecule has 1 N–H and O–H groups in total. The highest BCUT2D eigenvalue weighted by atomic mass is 35.5. The first-order valence-corrected chi connectivity index (χ1v) is 9.63. The number of rotatable bonds is 7. The molecular weight excluding hydrogens is 452 g/mol. The molecular formula is C17H18ClF3N2O6P+. The molecule has 0 aliphatic heterocycles. The topological polar surface area (TPSA) is 99.9 Å². The minimum atomic E-state index is -4.51. The maximum atomic E-state index is 12.6. The van der Waals surface area contributed by atoms with Crippen LogP contribution in [-0.2, 0) is 19.8 Å². The van der Waals surface area contributed by atoms with Crippen LogP contribution in [0, 0.1) is 10.1 Å². The van der Waals surface area contributed by atoms with Gasteiger partial charge in [0, 0.05) is 23.2 Å². The Morgan fingerprint density at radius 2 is 1.80 bits per heavy atom. The van der Waals surface area contributed by atoms with Crippen molar-refractivity contribution in [3.63, 3.8) is 0 Å². The Labute approximate surface area is 176 Å². The zero-order chi connectivity index (χ0) is 22.9. The highest BCUT2D eigenvalue weighted by molar-refractivity contribution is 7.33. The van der Waals surface area contributed by atoms with Crippen molar-refractivity contribution >= 4 is 31.2 Å². The molecule has 0 aromatic heterocycles. The molecule has 2 aromatic rings. The summed E-state index contributed by atoms with van der Waals surface area (Å²) in [5, 5.41) is 13.6. The summed E-state index contributed by atoms with van der Waals surface area (Å²) < 4.78 is 61.5. The summed E-state index contributed by atoms with van der Waals surface area (Å²) >= 11 is 5.82. The van der Waals surface area contributed by atoms with Crippen LogP contribution in [0.2, 0.25) is 5.02 Å². The van der Waals surface area contributed by atoms with Crippen molar-refractivity contribution < 1.29 is 36.4 Å². The van der Waals surface area contributed by atoms with E-state index in [1.165, 1.54) is 32.4 Å². The van der Waals surface area contributed by atoms with Crippen molar-refractivity contribution in [3.05, 3.63) is 57.1 Å². The number of ether oxygens (including phenoxy) is 1. The molecule has 0 unspecified atom stereocenters. The molecule has 0 fully saturated rings. The third-order valence-corrected chi connectivity index (χ3v) is 4.21. The summed E-state index contributed by atoms with van der Waals surface area (Å²) in [7, 11) is 0.817. The Morgan fingerprint density at radius 1 is 1.17 bits per heavy atom. The van der Waals surface area contributed by atoms with Crippen LogP contribution >= 0.6 is 19.9 Å². The van der Waals surface area contributed by atoms with Gasteiger partial charge in [0.15, 0.2) is 0 Å². The van der Waals surface area contributed by atoms with Gasteiger partial charge in [-0.25, -0.2) is 0 Å². The largest absolute Gasteiger partial charge is 0.696 e. The highest BCUT2D eigenvalue weighted by Gasteiger charge is 2.31. The zero-order valence-electron chi connectivity index (χ0n) is 16.0. The first-order chi connectivity index (χ1) is 14.0. The van der Waals surface area contributed by atoms with Crippen LogP contribution in [0.4, 0.5) is 24.5 Å². The molecule has 0 saturated heterocycles. The SMILES string of the molecule is CCNc1cc(Oc2ccc(C(F)(F)F)cc2Cl)ccc1[N+](=O)[O-].CO[P+](=O)OC. The van der Waals surface area contributed by atoms with Crippen LogP contribution in [0.25, 0.3) is 0 Å². The lowest BCUT2D eigenvalue weighted by Crippen LogP contribution is -2.04. The van der Waals surface area contributed by atoms with Crippen molar-refractivity contribution in [2.45, 2.75) is 13.1 Å². The van der Waals surface area contributed by atoms with Gasteiger partial charge in [-0.15, -0.1) is 9.05 Å². The normalized spacial score (nSPS) is 10.6. The number of benzene rings is 2. The molecule has 0 amide bonds. The lowest BCUT2D eigenvalue weighted by molar-refractivity contribution is -0.384. The summed E-state index contributed by atoms with van der Waals surface area (Å²) in [6, 6.07) is 6.67. The van der Waals surface area contributed by atoms with Crippen LogP contribution in [0.15, 0.2) is 36.4 Å². The minimum absolute atomic E-state index is 0.0148. The van der Waals surface area contributed by atoms with Crippen LogP contribution in [0.3, 0.4) is 0 Å². The number of anilines is 1. The Hall–Kier alpha value is -2.46. The van der Waals surface area contributed by atoms with Crippen LogP contribution in [0.1, 0.15) is 12.5 Å². The highest BCUT2D eigenvalue weighted by Crippen LogP contribution is 2.37. The first kappa shape index (κ1) is 25.6. The zero-order valence-corrected chi connectivity index (χ0v) is 17.7. The lowest BCUT2D eigenvalue weighted by Gasteiger charge is -2.12.